The number of anilines is 3. The molecule has 2 aromatic carbocycles. The van der Waals surface area contributed by atoms with Crippen LogP contribution in [0.5, 0.6) is 5.75 Å². The molecule has 0 saturated carbocycles. The van der Waals surface area contributed by atoms with E-state index in [2.05, 4.69) is 21.7 Å². The summed E-state index contributed by atoms with van der Waals surface area (Å²) in [6.07, 6.45) is 0. The third-order valence-corrected chi connectivity index (χ3v) is 4.36. The van der Waals surface area contributed by atoms with E-state index >= 15 is 0 Å². The van der Waals surface area contributed by atoms with Crippen molar-refractivity contribution in [1.29, 1.82) is 0 Å². The van der Waals surface area contributed by atoms with E-state index in [0.29, 0.717) is 23.9 Å². The molecule has 0 aliphatic heterocycles. The van der Waals surface area contributed by atoms with Crippen LogP contribution in [0, 0.1) is 20.8 Å². The van der Waals surface area contributed by atoms with Crippen molar-refractivity contribution in [2.75, 3.05) is 17.2 Å². The molecule has 0 bridgehead atoms. The molecule has 0 unspecified atom stereocenters. The second-order valence-corrected chi connectivity index (χ2v) is 7.15. The van der Waals surface area contributed by atoms with E-state index in [4.69, 9.17) is 4.74 Å². The Morgan fingerprint density at radius 3 is 2.30 bits per heavy atom. The summed E-state index contributed by atoms with van der Waals surface area (Å²) in [7, 11) is 0. The fourth-order valence-corrected chi connectivity index (χ4v) is 3.19. The summed E-state index contributed by atoms with van der Waals surface area (Å²) >= 11 is 0. The van der Waals surface area contributed by atoms with E-state index in [-0.39, 0.29) is 18.0 Å². The maximum atomic E-state index is 12.6. The lowest BCUT2D eigenvalue weighted by Gasteiger charge is -2.15. The number of ether oxygens (including phenoxy) is 1. The Balaban J connectivity index is 1.81. The van der Waals surface area contributed by atoms with Crippen molar-refractivity contribution in [3.8, 4) is 5.75 Å². The maximum Gasteiger partial charge on any atom is 0.255 e. The van der Waals surface area contributed by atoms with Crippen LogP contribution in [-0.4, -0.2) is 22.1 Å². The van der Waals surface area contributed by atoms with E-state index in [9.17, 15) is 9.59 Å². The topological polar surface area (TPSA) is 85.2 Å². The molecule has 1 heterocycles. The van der Waals surface area contributed by atoms with Crippen LogP contribution in [0.3, 0.4) is 0 Å². The molecule has 7 nitrogen and oxygen atoms in total. The lowest BCUT2D eigenvalue weighted by molar-refractivity contribution is -0.116. The molecular formula is C23H26N4O3. The number of nitrogens with zero attached hydrogens (tertiary/aromatic N) is 2. The number of nitrogens with one attached hydrogen (secondary N) is 2. The summed E-state index contributed by atoms with van der Waals surface area (Å²) in [5.41, 5.74) is 3.90. The van der Waals surface area contributed by atoms with Gasteiger partial charge in [-0.1, -0.05) is 6.07 Å². The molecule has 7 heteroatoms. The van der Waals surface area contributed by atoms with E-state index in [1.807, 2.05) is 32.9 Å². The van der Waals surface area contributed by atoms with Gasteiger partial charge in [-0.15, -0.1) is 0 Å². The van der Waals surface area contributed by atoms with Gasteiger partial charge in [-0.2, -0.15) is 0 Å². The molecular weight excluding hydrogens is 380 g/mol. The van der Waals surface area contributed by atoms with Gasteiger partial charge in [-0.25, -0.2) is 4.98 Å². The normalized spacial score (nSPS) is 10.5. The third-order valence-electron chi connectivity index (χ3n) is 4.36. The van der Waals surface area contributed by atoms with Crippen molar-refractivity contribution in [2.45, 2.75) is 34.2 Å². The SMILES string of the molecule is CCOc1ccc(NC(=O)Cn2c(Nc3cc(C)cc(C)c3)nc(C)cc2=O)cc1. The highest BCUT2D eigenvalue weighted by atomic mass is 16.5. The number of amides is 1. The molecule has 0 fully saturated rings. The zero-order valence-corrected chi connectivity index (χ0v) is 17.7. The number of aromatic nitrogens is 2. The van der Waals surface area contributed by atoms with E-state index in [1.165, 1.54) is 10.6 Å². The first-order valence-corrected chi connectivity index (χ1v) is 9.80. The molecule has 30 heavy (non-hydrogen) atoms. The maximum absolute atomic E-state index is 12.6. The summed E-state index contributed by atoms with van der Waals surface area (Å²) in [6.45, 7) is 8.07. The average Bonchev–Trinajstić information content (AvgIpc) is 2.65. The number of hydrogen-bond acceptors (Lipinski definition) is 5. The average molecular weight is 406 g/mol. The number of hydrogen-bond donors (Lipinski definition) is 2. The van der Waals surface area contributed by atoms with Gasteiger partial charge in [0.1, 0.15) is 12.3 Å². The summed E-state index contributed by atoms with van der Waals surface area (Å²) in [5.74, 6) is 0.733. The minimum atomic E-state index is -0.324. The van der Waals surface area contributed by atoms with Crippen LogP contribution in [0.2, 0.25) is 0 Å². The molecule has 1 aromatic heterocycles. The summed E-state index contributed by atoms with van der Waals surface area (Å²) in [6, 6.07) is 14.5. The summed E-state index contributed by atoms with van der Waals surface area (Å²) in [4.78, 5) is 29.6. The quantitative estimate of drug-likeness (QED) is 0.621. The van der Waals surface area contributed by atoms with Crippen molar-refractivity contribution in [3.05, 3.63) is 75.7 Å². The predicted molar refractivity (Wildman–Crippen MR) is 119 cm³/mol. The molecule has 0 saturated heterocycles. The van der Waals surface area contributed by atoms with Gasteiger partial charge in [0.25, 0.3) is 5.56 Å². The Hall–Kier alpha value is -3.61. The Bertz CT molecular complexity index is 1080. The Kier molecular flexibility index (Phi) is 6.51. The van der Waals surface area contributed by atoms with Crippen LogP contribution < -0.4 is 20.9 Å². The largest absolute Gasteiger partial charge is 0.494 e. The minimum Gasteiger partial charge on any atom is -0.494 e. The number of carbonyl (C=O) groups is 1. The first-order chi connectivity index (χ1) is 14.3. The van der Waals surface area contributed by atoms with Crippen molar-refractivity contribution < 1.29 is 9.53 Å². The Morgan fingerprint density at radius 1 is 1.00 bits per heavy atom. The fourth-order valence-electron chi connectivity index (χ4n) is 3.19. The summed E-state index contributed by atoms with van der Waals surface area (Å²) in [5, 5.41) is 5.98. The minimum absolute atomic E-state index is 0.160. The van der Waals surface area contributed by atoms with Crippen molar-refractivity contribution in [3.63, 3.8) is 0 Å². The molecule has 0 radical (unpaired) electrons. The second-order valence-electron chi connectivity index (χ2n) is 7.15. The summed E-state index contributed by atoms with van der Waals surface area (Å²) < 4.78 is 6.73. The van der Waals surface area contributed by atoms with Crippen LogP contribution in [-0.2, 0) is 11.3 Å². The van der Waals surface area contributed by atoms with Gasteiger partial charge < -0.3 is 15.4 Å². The molecule has 0 spiro atoms. The van der Waals surface area contributed by atoms with Crippen molar-refractivity contribution >= 4 is 23.2 Å². The Morgan fingerprint density at radius 2 is 1.67 bits per heavy atom. The van der Waals surface area contributed by atoms with E-state index in [1.54, 1.807) is 31.2 Å². The lowest BCUT2D eigenvalue weighted by atomic mass is 10.1. The molecule has 0 aliphatic carbocycles. The van der Waals surface area contributed by atoms with Gasteiger partial charge in [0, 0.05) is 23.1 Å². The van der Waals surface area contributed by atoms with Crippen LogP contribution in [0.25, 0.3) is 0 Å². The highest BCUT2D eigenvalue weighted by molar-refractivity contribution is 5.90. The number of rotatable bonds is 7. The second kappa shape index (κ2) is 9.26. The molecule has 3 rings (SSSR count). The van der Waals surface area contributed by atoms with Crippen molar-refractivity contribution in [2.24, 2.45) is 0 Å². The smallest absolute Gasteiger partial charge is 0.255 e. The van der Waals surface area contributed by atoms with Gasteiger partial charge in [-0.3, -0.25) is 14.2 Å². The highest BCUT2D eigenvalue weighted by Gasteiger charge is 2.12. The lowest BCUT2D eigenvalue weighted by Crippen LogP contribution is -2.30. The van der Waals surface area contributed by atoms with Crippen LogP contribution >= 0.6 is 0 Å². The number of aryl methyl sites for hydroxylation is 3. The van der Waals surface area contributed by atoms with Gasteiger partial charge in [0.15, 0.2) is 0 Å². The zero-order valence-electron chi connectivity index (χ0n) is 17.7. The van der Waals surface area contributed by atoms with E-state index < -0.39 is 0 Å². The number of carbonyl (C=O) groups excluding carboxylic acids is 1. The molecule has 0 aliphatic rings. The van der Waals surface area contributed by atoms with Crippen LogP contribution in [0.1, 0.15) is 23.7 Å². The molecule has 3 aromatic rings. The highest BCUT2D eigenvalue weighted by Crippen LogP contribution is 2.19. The third kappa shape index (κ3) is 5.47. The first kappa shape index (κ1) is 21.1. The van der Waals surface area contributed by atoms with Crippen LogP contribution in [0.15, 0.2) is 53.3 Å². The van der Waals surface area contributed by atoms with Crippen molar-refractivity contribution in [1.82, 2.24) is 9.55 Å². The van der Waals surface area contributed by atoms with Gasteiger partial charge in [0.05, 0.1) is 6.61 Å². The standard InChI is InChI=1S/C23H26N4O3/c1-5-30-20-8-6-18(7-9-20)25-21(28)14-27-22(29)13-17(4)24-23(27)26-19-11-15(2)10-16(3)12-19/h6-13H,5,14H2,1-4H3,(H,24,26)(H,25,28). The Labute approximate surface area is 175 Å². The monoisotopic (exact) mass is 406 g/mol. The fraction of sp³-hybridized carbons (Fsp3) is 0.261. The van der Waals surface area contributed by atoms with Gasteiger partial charge in [-0.05, 0) is 75.2 Å². The molecule has 0 atom stereocenters. The predicted octanol–water partition coefficient (Wildman–Crippen LogP) is 3.95. The zero-order chi connectivity index (χ0) is 21.7. The van der Waals surface area contributed by atoms with E-state index in [0.717, 1.165) is 22.6 Å². The van der Waals surface area contributed by atoms with Crippen LogP contribution in [0.4, 0.5) is 17.3 Å². The first-order valence-electron chi connectivity index (χ1n) is 9.80. The molecule has 156 valence electrons. The number of benzene rings is 2. The molecule has 2 N–H and O–H groups in total. The van der Waals surface area contributed by atoms with Gasteiger partial charge >= 0.3 is 0 Å². The molecule has 1 amide bonds. The van der Waals surface area contributed by atoms with Gasteiger partial charge in [0.2, 0.25) is 11.9 Å².